The van der Waals surface area contributed by atoms with Crippen LogP contribution in [0.3, 0.4) is 0 Å². The van der Waals surface area contributed by atoms with Gasteiger partial charge in [-0.2, -0.15) is 0 Å². The maximum absolute atomic E-state index is 2.69. The predicted molar refractivity (Wildman–Crippen MR) is 324 cm³/mol. The Morgan fingerprint density at radius 1 is 0.343 bits per heavy atom. The van der Waals surface area contributed by atoms with E-state index in [1.165, 1.54) is 160 Å². The molecule has 0 aromatic rings. The van der Waals surface area contributed by atoms with Gasteiger partial charge in [0.25, 0.3) is 0 Å². The molecule has 1 radical (unpaired) electrons. The molecule has 2 saturated carbocycles. The number of fused-ring (bicyclic) bond motifs is 16. The van der Waals surface area contributed by atoms with Crippen molar-refractivity contribution >= 4 is 40.6 Å². The maximum atomic E-state index is 2.69. The van der Waals surface area contributed by atoms with Crippen LogP contribution in [-0.4, -0.2) is 40.6 Å². The Kier molecular flexibility index (Phi) is 28.4. The molecule has 2 aliphatic carbocycles. The van der Waals surface area contributed by atoms with Crippen molar-refractivity contribution in [3.8, 4) is 0 Å². The first-order chi connectivity index (χ1) is 34.6. The molecule has 15 fully saturated rings. The second-order valence-corrected chi connectivity index (χ2v) is 28.4. The normalized spacial score (nSPS) is 33.9. The van der Waals surface area contributed by atoms with E-state index in [4.69, 9.17) is 0 Å². The molecule has 13 aliphatic heterocycles. The molecule has 0 amide bonds. The molecule has 13 saturated heterocycles. The summed E-state index contributed by atoms with van der Waals surface area (Å²) in [6, 6.07) is 0. The summed E-state index contributed by atoms with van der Waals surface area (Å²) in [6.45, 7) is 12.8. The van der Waals surface area contributed by atoms with E-state index in [2.05, 4.69) is 28.1 Å². The van der Waals surface area contributed by atoms with Crippen LogP contribution in [0.5, 0.6) is 0 Å². The zero-order valence-corrected chi connectivity index (χ0v) is 48.3. The van der Waals surface area contributed by atoms with Crippen molar-refractivity contribution in [2.45, 2.75) is 359 Å². The molecule has 15 aliphatic rings. The number of rotatable bonds is 8. The average Bonchev–Trinajstić information content (AvgIpc) is 4.22. The lowest BCUT2D eigenvalue weighted by molar-refractivity contribution is 0.258. The summed E-state index contributed by atoms with van der Waals surface area (Å²) in [5, 5.41) is 0. The summed E-state index contributed by atoms with van der Waals surface area (Å²) in [6.07, 6.45) is 78.1. The largest absolute Gasteiger partial charge is 0.140 e. The van der Waals surface area contributed by atoms with Crippen LogP contribution in [0.25, 0.3) is 0 Å². The van der Waals surface area contributed by atoms with Crippen molar-refractivity contribution in [1.29, 1.82) is 0 Å². The van der Waals surface area contributed by atoms with Crippen LogP contribution in [-0.2, 0) is 0 Å². The third kappa shape index (κ3) is 21.8. The molecule has 13 heterocycles. The van der Waals surface area contributed by atoms with Gasteiger partial charge in [0.2, 0.25) is 0 Å². The molecule has 6 heteroatoms. The van der Waals surface area contributed by atoms with Gasteiger partial charge in [-0.05, 0) is 60.2 Å². The van der Waals surface area contributed by atoms with Gasteiger partial charge in [0.15, 0.2) is 0 Å². The van der Waals surface area contributed by atoms with Gasteiger partial charge in [0, 0.05) is 0 Å². The Morgan fingerprint density at radius 2 is 0.800 bits per heavy atom. The highest BCUT2D eigenvalue weighted by molar-refractivity contribution is 7.64. The van der Waals surface area contributed by atoms with E-state index in [0.717, 1.165) is 73.1 Å². The monoisotopic (exact) mass is 956 g/mol. The maximum Gasteiger partial charge on any atom is 0.140 e. The van der Waals surface area contributed by atoms with Crippen LogP contribution in [0.1, 0.15) is 284 Å². The van der Waals surface area contributed by atoms with Crippen molar-refractivity contribution in [3.05, 3.63) is 0 Å². The van der Waals surface area contributed by atoms with Crippen LogP contribution < -0.4 is 0 Å². The molecule has 3 atom stereocenters. The summed E-state index contributed by atoms with van der Waals surface area (Å²) >= 11 is 0. The lowest BCUT2D eigenvalue weighted by Crippen LogP contribution is -2.24. The zero-order valence-electron chi connectivity index (χ0n) is 48.3. The Morgan fingerprint density at radius 3 is 1.41 bits per heavy atom. The van der Waals surface area contributed by atoms with Crippen molar-refractivity contribution in [2.75, 3.05) is 0 Å². The Balaban J connectivity index is 0.000000138. The zero-order chi connectivity index (χ0) is 48.4. The third-order valence-electron chi connectivity index (χ3n) is 22.7. The number of hydrogen-bond donors (Lipinski definition) is 0. The minimum atomic E-state index is 1.04. The van der Waals surface area contributed by atoms with E-state index >= 15 is 0 Å². The molecule has 0 aromatic heterocycles. The number of hydrogen-bond acceptors (Lipinski definition) is 0. The first-order valence-electron chi connectivity index (χ1n) is 34.4. The van der Waals surface area contributed by atoms with Gasteiger partial charge in [-0.25, -0.2) is 0 Å². The van der Waals surface area contributed by atoms with Crippen LogP contribution in [0.15, 0.2) is 0 Å². The van der Waals surface area contributed by atoms with E-state index in [1.807, 2.05) is 0 Å². The first-order valence-corrected chi connectivity index (χ1v) is 34.4. The van der Waals surface area contributed by atoms with E-state index in [0.29, 0.717) is 0 Å². The third-order valence-corrected chi connectivity index (χ3v) is 22.7. The molecular formula is C64H121B6. The fraction of sp³-hybridized carbons (Fsp3) is 1.00. The van der Waals surface area contributed by atoms with Gasteiger partial charge >= 0.3 is 0 Å². The van der Waals surface area contributed by atoms with Gasteiger partial charge in [-0.3, -0.25) is 0 Å². The van der Waals surface area contributed by atoms with E-state index in [1.54, 1.807) is 185 Å². The second-order valence-electron chi connectivity index (χ2n) is 28.4. The molecule has 0 aromatic carbocycles. The first kappa shape index (κ1) is 58.1. The van der Waals surface area contributed by atoms with Gasteiger partial charge in [0.1, 0.15) is 20.1 Å². The van der Waals surface area contributed by atoms with E-state index < -0.39 is 0 Å². The smallest absolute Gasteiger partial charge is 0.122 e. The minimum absolute atomic E-state index is 1.04. The lowest BCUT2D eigenvalue weighted by atomic mass is 9.38. The van der Waals surface area contributed by atoms with Gasteiger partial charge in [-0.1, -0.05) is 340 Å². The lowest BCUT2D eigenvalue weighted by Gasteiger charge is -2.32. The molecule has 70 heavy (non-hydrogen) atoms. The fourth-order valence-corrected chi connectivity index (χ4v) is 18.6. The van der Waals surface area contributed by atoms with E-state index in [-0.39, 0.29) is 0 Å². The average molecular weight is 956 g/mol. The van der Waals surface area contributed by atoms with Gasteiger partial charge < -0.3 is 0 Å². The molecule has 3 unspecified atom stereocenters. The molecule has 8 bridgehead atoms. The molecule has 395 valence electrons. The minimum Gasteiger partial charge on any atom is -0.122 e. The fourth-order valence-electron chi connectivity index (χ4n) is 18.6. The van der Waals surface area contributed by atoms with Crippen molar-refractivity contribution in [1.82, 2.24) is 0 Å². The summed E-state index contributed by atoms with van der Waals surface area (Å²) in [7, 11) is 2.69. The quantitative estimate of drug-likeness (QED) is 0.213. The summed E-state index contributed by atoms with van der Waals surface area (Å²) in [5.74, 6) is 8.68. The second kappa shape index (κ2) is 34.2. The summed E-state index contributed by atoms with van der Waals surface area (Å²) in [4.78, 5) is 0. The van der Waals surface area contributed by atoms with Crippen molar-refractivity contribution in [3.63, 3.8) is 0 Å². The predicted octanol–water partition coefficient (Wildman–Crippen LogP) is 21.5. The molecule has 15 rings (SSSR count). The van der Waals surface area contributed by atoms with E-state index in [9.17, 15) is 0 Å². The van der Waals surface area contributed by atoms with Crippen LogP contribution in [0.2, 0.25) is 74.5 Å². The van der Waals surface area contributed by atoms with Crippen LogP contribution >= 0.6 is 0 Å². The van der Waals surface area contributed by atoms with Gasteiger partial charge in [0.05, 0.1) is 20.5 Å². The van der Waals surface area contributed by atoms with Crippen molar-refractivity contribution in [2.24, 2.45) is 47.3 Å². The Hall–Kier alpha value is 0.390. The summed E-state index contributed by atoms with van der Waals surface area (Å²) in [5.41, 5.74) is 2.25. The van der Waals surface area contributed by atoms with Crippen LogP contribution in [0, 0.1) is 47.3 Å². The highest BCUT2D eigenvalue weighted by atomic mass is 14.3. The van der Waals surface area contributed by atoms with Crippen LogP contribution in [0.4, 0.5) is 0 Å². The molecular weight excluding hydrogens is 834 g/mol. The van der Waals surface area contributed by atoms with Gasteiger partial charge in [-0.15, -0.1) is 5.62 Å². The Bertz CT molecular complexity index is 1190. The SMILES string of the molecule is C1CB2CCCC(C1)CC1CCCC(CCC1)C2.C1CCCB(CC2CCCCCCC2)CCC1.CCCC1CCCC2CCCB(CCC2)C1.CCCC1CCC[B]C2B3B2C3CCC(CCC)C1. The molecule has 0 nitrogen and oxygen atoms in total. The summed E-state index contributed by atoms with van der Waals surface area (Å²) < 4.78 is 0. The molecule has 0 N–H and O–H groups in total. The Labute approximate surface area is 444 Å². The topological polar surface area (TPSA) is 0 Å². The molecule has 0 spiro atoms. The van der Waals surface area contributed by atoms with Crippen molar-refractivity contribution < 1.29 is 0 Å². The standard InChI is InChI=1S/C17H31B.C16H30B3.C16H31B.C15H29B/c1-5-15-6-2-8-17(7-1)14-18-11-3-9-16(13-15)10-4-12-18;1-3-6-13-8-5-11-17-16-18-15(19(16)18)10-9-14(12-13)7-4-2;1-3-7-11-16(12-8-4-1)15-17-13-9-5-2-6-10-14-17;1-2-6-15-8-3-7-14-9-4-11-16(13-15)12-5-10-14/h15-17H,1-14H2;13-16H,3-12H2,1-2H3;16H,1-15H2;14-15H,2-13H2,1H3. The highest BCUT2D eigenvalue weighted by Crippen LogP contribution is 2.65. The highest BCUT2D eigenvalue weighted by Gasteiger charge is 2.75.